The summed E-state index contributed by atoms with van der Waals surface area (Å²) < 4.78 is 15.3. The molecule has 2 atom stereocenters. The number of pyridine rings is 1. The lowest BCUT2D eigenvalue weighted by molar-refractivity contribution is 0.144. The predicted octanol–water partition coefficient (Wildman–Crippen LogP) is 5.26. The van der Waals surface area contributed by atoms with Crippen LogP contribution in [0.3, 0.4) is 0 Å². The Morgan fingerprint density at radius 3 is 2.97 bits per heavy atom. The van der Waals surface area contributed by atoms with Gasteiger partial charge < -0.3 is 15.3 Å². The van der Waals surface area contributed by atoms with Gasteiger partial charge in [-0.3, -0.25) is 9.39 Å². The molecule has 0 bridgehead atoms. The number of nitrogens with zero attached hydrogens (tertiary/aromatic N) is 4. The standard InChI is InChI=1S/C27H29ClFN5O/c1-18(11-12-30-19(2)25-15-31-26-10-9-23(29)16-34(25)26)32-24-8-5-13-33(17-24)20(3)27(35)21-6-4-7-22(28)14-21/h4,6-7,9-12,14-16,24,27,32,35H,1,3,5,8,13,17H2,2H3/b12-11-,30-19?/t24-,27+/m1/s1. The molecule has 8 heteroatoms. The van der Waals surface area contributed by atoms with Crippen molar-refractivity contribution in [3.05, 3.63) is 108 Å². The van der Waals surface area contributed by atoms with Gasteiger partial charge in [0.25, 0.3) is 0 Å². The Hall–Kier alpha value is -3.42. The second kappa shape index (κ2) is 10.9. The Morgan fingerprint density at radius 1 is 1.34 bits per heavy atom. The van der Waals surface area contributed by atoms with Gasteiger partial charge >= 0.3 is 0 Å². The number of fused-ring (bicyclic) bond motifs is 1. The van der Waals surface area contributed by atoms with Crippen molar-refractivity contribution in [2.45, 2.75) is 31.9 Å². The second-order valence-electron chi connectivity index (χ2n) is 8.65. The minimum absolute atomic E-state index is 0.163. The van der Waals surface area contributed by atoms with Crippen LogP contribution in [-0.2, 0) is 0 Å². The van der Waals surface area contributed by atoms with Gasteiger partial charge in [-0.05, 0) is 55.7 Å². The molecule has 0 saturated carbocycles. The van der Waals surface area contributed by atoms with Crippen LogP contribution in [0.1, 0.15) is 37.1 Å². The minimum atomic E-state index is -0.805. The Balaban J connectivity index is 1.34. The van der Waals surface area contributed by atoms with Gasteiger partial charge in [-0.2, -0.15) is 0 Å². The average molecular weight is 494 g/mol. The molecule has 35 heavy (non-hydrogen) atoms. The lowest BCUT2D eigenvalue weighted by Crippen LogP contribution is -2.45. The van der Waals surface area contributed by atoms with E-state index in [4.69, 9.17) is 11.6 Å². The van der Waals surface area contributed by atoms with Gasteiger partial charge in [0.2, 0.25) is 0 Å². The molecule has 0 aliphatic carbocycles. The van der Waals surface area contributed by atoms with E-state index in [0.29, 0.717) is 28.6 Å². The summed E-state index contributed by atoms with van der Waals surface area (Å²) in [5, 5.41) is 14.8. The Bertz CT molecular complexity index is 1300. The highest BCUT2D eigenvalue weighted by molar-refractivity contribution is 6.30. The van der Waals surface area contributed by atoms with Crippen molar-refractivity contribution in [3.63, 3.8) is 0 Å². The van der Waals surface area contributed by atoms with Gasteiger partial charge in [0, 0.05) is 47.9 Å². The van der Waals surface area contributed by atoms with E-state index in [9.17, 15) is 9.50 Å². The number of likely N-dealkylation sites (tertiary alicyclic amines) is 1. The van der Waals surface area contributed by atoms with Crippen molar-refractivity contribution in [2.24, 2.45) is 4.99 Å². The number of hydrogen-bond donors (Lipinski definition) is 2. The van der Waals surface area contributed by atoms with Crippen LogP contribution < -0.4 is 5.32 Å². The summed E-state index contributed by atoms with van der Waals surface area (Å²) in [5.41, 5.74) is 4.22. The molecule has 1 saturated heterocycles. The van der Waals surface area contributed by atoms with Crippen molar-refractivity contribution in [2.75, 3.05) is 13.1 Å². The molecule has 2 aromatic heterocycles. The molecule has 2 N–H and O–H groups in total. The summed E-state index contributed by atoms with van der Waals surface area (Å²) in [6.45, 7) is 11.6. The summed E-state index contributed by atoms with van der Waals surface area (Å²) in [4.78, 5) is 10.9. The summed E-state index contributed by atoms with van der Waals surface area (Å²) >= 11 is 6.07. The number of halogens is 2. The number of rotatable bonds is 8. The molecule has 1 aliphatic rings. The third-order valence-electron chi connectivity index (χ3n) is 6.08. The number of allylic oxidation sites excluding steroid dienone is 1. The molecule has 1 fully saturated rings. The fraction of sp³-hybridized carbons (Fsp3) is 0.259. The molecule has 3 aromatic rings. The topological polar surface area (TPSA) is 65.2 Å². The summed E-state index contributed by atoms with van der Waals surface area (Å²) in [7, 11) is 0. The third-order valence-corrected chi connectivity index (χ3v) is 6.32. The highest BCUT2D eigenvalue weighted by atomic mass is 35.5. The maximum Gasteiger partial charge on any atom is 0.139 e. The zero-order valence-electron chi connectivity index (χ0n) is 19.7. The Labute approximate surface area is 209 Å². The number of aliphatic hydroxyl groups is 1. The average Bonchev–Trinajstić information content (AvgIpc) is 3.26. The van der Waals surface area contributed by atoms with Crippen molar-refractivity contribution >= 4 is 23.0 Å². The van der Waals surface area contributed by atoms with Crippen molar-refractivity contribution < 1.29 is 9.50 Å². The van der Waals surface area contributed by atoms with Crippen LogP contribution in [0.5, 0.6) is 0 Å². The van der Waals surface area contributed by atoms with Crippen molar-refractivity contribution in [1.82, 2.24) is 19.6 Å². The largest absolute Gasteiger partial charge is 0.382 e. The molecule has 0 spiro atoms. The molecule has 4 rings (SSSR count). The van der Waals surface area contributed by atoms with Crippen LogP contribution in [0, 0.1) is 5.82 Å². The van der Waals surface area contributed by atoms with Crippen LogP contribution in [0.15, 0.2) is 90.6 Å². The highest BCUT2D eigenvalue weighted by Gasteiger charge is 2.24. The van der Waals surface area contributed by atoms with E-state index < -0.39 is 6.10 Å². The first-order valence-electron chi connectivity index (χ1n) is 11.5. The molecule has 0 radical (unpaired) electrons. The van der Waals surface area contributed by atoms with Gasteiger partial charge in [0.05, 0.1) is 17.6 Å². The molecule has 3 heterocycles. The van der Waals surface area contributed by atoms with Crippen LogP contribution >= 0.6 is 11.6 Å². The van der Waals surface area contributed by atoms with E-state index in [1.54, 1.807) is 35.0 Å². The number of aliphatic hydroxyl groups excluding tert-OH is 1. The van der Waals surface area contributed by atoms with Crippen LogP contribution in [0.25, 0.3) is 5.65 Å². The van der Waals surface area contributed by atoms with E-state index >= 15 is 0 Å². The number of hydrogen-bond acceptors (Lipinski definition) is 5. The van der Waals surface area contributed by atoms with Crippen LogP contribution in [0.4, 0.5) is 4.39 Å². The maximum atomic E-state index is 13.6. The lowest BCUT2D eigenvalue weighted by atomic mass is 10.0. The first-order valence-corrected chi connectivity index (χ1v) is 11.9. The lowest BCUT2D eigenvalue weighted by Gasteiger charge is -2.37. The smallest absolute Gasteiger partial charge is 0.139 e. The molecular formula is C27H29ClFN5O. The van der Waals surface area contributed by atoms with Gasteiger partial charge in [-0.1, -0.05) is 36.9 Å². The van der Waals surface area contributed by atoms with E-state index in [1.165, 1.54) is 12.3 Å². The fourth-order valence-electron chi connectivity index (χ4n) is 4.24. The number of imidazole rings is 1. The van der Waals surface area contributed by atoms with Gasteiger partial charge in [0.1, 0.15) is 17.6 Å². The molecule has 1 aliphatic heterocycles. The predicted molar refractivity (Wildman–Crippen MR) is 139 cm³/mol. The molecular weight excluding hydrogens is 465 g/mol. The zero-order chi connectivity index (χ0) is 24.9. The SMILES string of the molecule is C=C(/C=C\N=C(C)c1cnc2ccc(F)cn12)N[C@@H]1CCCN(C(=C)[C@H](O)c2cccc(Cl)c2)C1. The van der Waals surface area contributed by atoms with Crippen molar-refractivity contribution in [3.8, 4) is 0 Å². The van der Waals surface area contributed by atoms with Gasteiger partial charge in [0.15, 0.2) is 0 Å². The van der Waals surface area contributed by atoms with Crippen LogP contribution in [0.2, 0.25) is 5.02 Å². The second-order valence-corrected chi connectivity index (χ2v) is 9.09. The number of aromatic nitrogens is 2. The van der Waals surface area contributed by atoms with E-state index in [2.05, 4.69) is 33.4 Å². The number of aliphatic imine (C=N–C) groups is 1. The quantitative estimate of drug-likeness (QED) is 0.331. The fourth-order valence-corrected chi connectivity index (χ4v) is 4.43. The van der Waals surface area contributed by atoms with E-state index in [1.807, 2.05) is 25.1 Å². The Kier molecular flexibility index (Phi) is 7.68. The van der Waals surface area contributed by atoms with Crippen molar-refractivity contribution in [1.29, 1.82) is 0 Å². The zero-order valence-corrected chi connectivity index (χ0v) is 20.4. The first-order chi connectivity index (χ1) is 16.8. The first kappa shape index (κ1) is 24.7. The summed E-state index contributed by atoms with van der Waals surface area (Å²) in [5.74, 6) is -0.332. The number of benzene rings is 1. The molecule has 6 nitrogen and oxygen atoms in total. The van der Waals surface area contributed by atoms with E-state index in [-0.39, 0.29) is 11.9 Å². The molecule has 0 unspecified atom stereocenters. The summed E-state index contributed by atoms with van der Waals surface area (Å²) in [6, 6.07) is 10.4. The maximum absolute atomic E-state index is 13.6. The Morgan fingerprint density at radius 2 is 2.17 bits per heavy atom. The highest BCUT2D eigenvalue weighted by Crippen LogP contribution is 2.27. The third kappa shape index (κ3) is 5.99. The van der Waals surface area contributed by atoms with Gasteiger partial charge in [-0.15, -0.1) is 0 Å². The molecule has 0 amide bonds. The normalized spacial score (nSPS) is 17.7. The number of nitrogens with one attached hydrogen (secondary N) is 1. The van der Waals surface area contributed by atoms with Crippen LogP contribution in [-0.4, -0.2) is 44.2 Å². The monoisotopic (exact) mass is 493 g/mol. The van der Waals surface area contributed by atoms with E-state index in [0.717, 1.165) is 36.3 Å². The molecule has 1 aromatic carbocycles. The van der Waals surface area contributed by atoms with Gasteiger partial charge in [-0.25, -0.2) is 9.37 Å². The molecule has 182 valence electrons. The number of piperidine rings is 1. The minimum Gasteiger partial charge on any atom is -0.382 e. The summed E-state index contributed by atoms with van der Waals surface area (Å²) in [6.07, 6.45) is 7.70.